The van der Waals surface area contributed by atoms with E-state index >= 15 is 0 Å². The monoisotopic (exact) mass is 1340 g/mol. The number of nitrogens with one attached hydrogen (secondary N) is 5. The molecule has 0 saturated carbocycles. The number of rotatable bonds is 43. The van der Waals surface area contributed by atoms with Crippen LogP contribution in [0.5, 0.6) is 11.5 Å². The van der Waals surface area contributed by atoms with Crippen LogP contribution in [-0.4, -0.2) is 164 Å². The van der Waals surface area contributed by atoms with Crippen molar-refractivity contribution in [3.8, 4) is 11.5 Å². The first kappa shape index (κ1) is 75.5. The van der Waals surface area contributed by atoms with E-state index in [0.29, 0.717) is 55.3 Å². The van der Waals surface area contributed by atoms with Gasteiger partial charge in [0.15, 0.2) is 35.1 Å². The quantitative estimate of drug-likeness (QED) is 0.0146. The van der Waals surface area contributed by atoms with Gasteiger partial charge in [0.2, 0.25) is 22.7 Å². The highest BCUT2D eigenvalue weighted by atomic mass is 16.7. The third kappa shape index (κ3) is 23.1. The minimum atomic E-state index is -1.98. The zero-order valence-corrected chi connectivity index (χ0v) is 53.8. The summed E-state index contributed by atoms with van der Waals surface area (Å²) in [7, 11) is 1.55. The van der Waals surface area contributed by atoms with E-state index in [1.165, 1.54) is 46.8 Å². The number of aryl methyl sites for hydroxylation is 2. The van der Waals surface area contributed by atoms with E-state index in [-0.39, 0.29) is 144 Å². The van der Waals surface area contributed by atoms with E-state index < -0.39 is 83.8 Å². The normalized spacial score (nSPS) is 13.2. The van der Waals surface area contributed by atoms with Crippen LogP contribution in [0.25, 0.3) is 0 Å². The Morgan fingerprint density at radius 1 is 0.625 bits per heavy atom. The molecule has 0 saturated heterocycles. The number of hydrogen-bond donors (Lipinski definition) is 12. The maximum absolute atomic E-state index is 14.5. The van der Waals surface area contributed by atoms with Gasteiger partial charge in [-0.05, 0) is 69.4 Å². The topological polar surface area (TPSA) is 421 Å². The number of carbonyl (C=O) groups is 5. The maximum atomic E-state index is 14.5. The molecule has 2 aromatic carbocycles. The fourth-order valence-corrected chi connectivity index (χ4v) is 10.5. The first-order valence-corrected chi connectivity index (χ1v) is 31.5. The molecule has 4 heterocycles. The number of ether oxygens (including phenoxy) is 4. The number of aromatic nitrogens is 6. The SMILES string of the molecule is CNC(=O)CCc1cn(CCCCCC(=O)NC(CCCNC(=O)c2c(C)c(=O)ccn2CC(O)C(O)C(O)C(O)CO)(CCCNC(=O)c2c(OCc3ccccc3)c(=O)ccn2CO)CCCNC(=O)c2c(OCc3ccccc3)c(=O)ccn2COCO/C=C/O)nn1. The van der Waals surface area contributed by atoms with E-state index in [0.717, 1.165) is 16.9 Å². The molecule has 5 amide bonds. The summed E-state index contributed by atoms with van der Waals surface area (Å²) >= 11 is 0. The van der Waals surface area contributed by atoms with Crippen molar-refractivity contribution in [2.75, 3.05) is 40.1 Å². The molecule has 0 spiro atoms. The van der Waals surface area contributed by atoms with Crippen molar-refractivity contribution in [2.24, 2.45) is 0 Å². The fourth-order valence-electron chi connectivity index (χ4n) is 10.5. The van der Waals surface area contributed by atoms with Crippen LogP contribution in [0.4, 0.5) is 0 Å². The largest absolute Gasteiger partial charge is 0.512 e. The predicted octanol–water partition coefficient (Wildman–Crippen LogP) is 1.32. The number of amides is 5. The number of unbranched alkanes of at least 4 members (excludes halogenated alkanes) is 2. The summed E-state index contributed by atoms with van der Waals surface area (Å²) in [6.45, 7) is -1.22. The lowest BCUT2D eigenvalue weighted by molar-refractivity contribution is -0.123. The van der Waals surface area contributed by atoms with E-state index in [9.17, 15) is 69.0 Å². The molecule has 0 radical (unpaired) electrons. The summed E-state index contributed by atoms with van der Waals surface area (Å²) in [5.74, 6) is -3.30. The van der Waals surface area contributed by atoms with Gasteiger partial charge in [-0.15, -0.1) is 5.10 Å². The second-order valence-electron chi connectivity index (χ2n) is 22.7. The maximum Gasteiger partial charge on any atom is 0.272 e. The highest BCUT2D eigenvalue weighted by molar-refractivity contribution is 5.96. The molecule has 0 aliphatic heterocycles. The van der Waals surface area contributed by atoms with Crippen LogP contribution in [-0.2, 0) is 65.2 Å². The molecule has 6 aromatic rings. The van der Waals surface area contributed by atoms with Crippen molar-refractivity contribution in [1.29, 1.82) is 0 Å². The summed E-state index contributed by atoms with van der Waals surface area (Å²) < 4.78 is 28.0. The number of nitrogens with zero attached hydrogens (tertiary/aromatic N) is 6. The average molecular weight is 1340 g/mol. The van der Waals surface area contributed by atoms with E-state index in [1.54, 1.807) is 66.5 Å². The summed E-state index contributed by atoms with van der Waals surface area (Å²) in [5, 5.41) is 93.2. The Kier molecular flexibility index (Phi) is 30.9. The molecule has 520 valence electrons. The molecule has 5 atom stereocenters. The van der Waals surface area contributed by atoms with Gasteiger partial charge in [0.1, 0.15) is 69.3 Å². The second kappa shape index (κ2) is 39.3. The summed E-state index contributed by atoms with van der Waals surface area (Å²) in [4.78, 5) is 109. The molecule has 0 aliphatic carbocycles. The second-order valence-corrected chi connectivity index (χ2v) is 22.7. The minimum Gasteiger partial charge on any atom is -0.512 e. The molecule has 0 aliphatic rings. The predicted molar refractivity (Wildman–Crippen MR) is 347 cm³/mol. The van der Waals surface area contributed by atoms with Gasteiger partial charge in [-0.1, -0.05) is 72.3 Å². The molecule has 4 aromatic heterocycles. The van der Waals surface area contributed by atoms with Gasteiger partial charge >= 0.3 is 0 Å². The molecule has 96 heavy (non-hydrogen) atoms. The molecular formula is C66H87N11O19. The van der Waals surface area contributed by atoms with E-state index in [1.807, 2.05) is 12.1 Å². The Hall–Kier alpha value is -9.56. The Balaban J connectivity index is 1.28. The first-order valence-electron chi connectivity index (χ1n) is 31.5. The van der Waals surface area contributed by atoms with Gasteiger partial charge in [-0.25, -0.2) is 0 Å². The lowest BCUT2D eigenvalue weighted by Crippen LogP contribution is -2.50. The molecular weight excluding hydrogens is 1250 g/mol. The summed E-state index contributed by atoms with van der Waals surface area (Å²) in [6, 6.07) is 21.4. The van der Waals surface area contributed by atoms with Crippen LogP contribution >= 0.6 is 0 Å². The standard InChI is InChI=1S/C66H87N11O19/c1-45-49(81)22-32-74(38-52(84)59(88)60(89)53(85)39-79)56(45)63(90)68-28-12-25-66(71-55(87)19-10-5-11-31-77-37-48(72-73-77)20-21-54(86)67-2,26-13-29-69-64(91)57-61(50(82)23-33-75(57)42-80)95-40-46-15-6-3-7-16-46)27-14-30-70-65(92)58-62(96-41-47-17-8-4-9-18-47)51(83)24-34-76(58)43-94-44-93-36-35-78/h3-4,6-9,15-18,22-24,32-37,52-53,59-60,78-80,84-85,88-89H,5,10-14,19-21,25-31,38-44H2,1-2H3,(H,67,86)(H,68,90)(H,69,91)(H,70,92)(H,71,87)/b36-35+. The Labute approximate surface area is 553 Å². The van der Waals surface area contributed by atoms with Gasteiger partial charge in [0.25, 0.3) is 17.7 Å². The number of carbonyl (C=O) groups excluding carboxylic acids is 5. The third-order valence-electron chi connectivity index (χ3n) is 15.7. The van der Waals surface area contributed by atoms with Crippen LogP contribution in [0.2, 0.25) is 0 Å². The Morgan fingerprint density at radius 3 is 1.71 bits per heavy atom. The number of aliphatic hydroxyl groups excluding tert-OH is 7. The first-order chi connectivity index (χ1) is 46.3. The van der Waals surface area contributed by atoms with Crippen LogP contribution in [0.1, 0.15) is 124 Å². The third-order valence-corrected chi connectivity index (χ3v) is 15.7. The van der Waals surface area contributed by atoms with Crippen molar-refractivity contribution >= 4 is 29.5 Å². The van der Waals surface area contributed by atoms with Gasteiger partial charge < -0.3 is 95.0 Å². The fraction of sp³-hybridized carbons (Fsp3) is 0.455. The van der Waals surface area contributed by atoms with Crippen molar-refractivity contribution in [3.63, 3.8) is 0 Å². The highest BCUT2D eigenvalue weighted by Crippen LogP contribution is 2.27. The van der Waals surface area contributed by atoms with Crippen LogP contribution < -0.4 is 52.3 Å². The molecule has 0 fully saturated rings. The van der Waals surface area contributed by atoms with Gasteiger partial charge in [0.05, 0.1) is 18.8 Å². The van der Waals surface area contributed by atoms with E-state index in [4.69, 9.17) is 24.1 Å². The molecule has 30 heteroatoms. The number of benzene rings is 2. The number of aliphatic hydroxyl groups is 7. The van der Waals surface area contributed by atoms with Crippen molar-refractivity contribution in [2.45, 2.75) is 154 Å². The zero-order valence-electron chi connectivity index (χ0n) is 53.8. The Bertz CT molecular complexity index is 3670. The van der Waals surface area contributed by atoms with Crippen molar-refractivity contribution in [3.05, 3.63) is 186 Å². The number of hydrogen-bond acceptors (Lipinski definition) is 21. The number of pyridine rings is 3. The zero-order chi connectivity index (χ0) is 69.4. The summed E-state index contributed by atoms with van der Waals surface area (Å²) in [5.41, 5.74) is -1.50. The highest BCUT2D eigenvalue weighted by Gasteiger charge is 2.34. The van der Waals surface area contributed by atoms with Crippen molar-refractivity contribution in [1.82, 2.24) is 55.3 Å². The molecule has 30 nitrogen and oxygen atoms in total. The lowest BCUT2D eigenvalue weighted by Gasteiger charge is -2.36. The molecule has 6 rings (SSSR count). The lowest BCUT2D eigenvalue weighted by atomic mass is 9.83. The van der Waals surface area contributed by atoms with Crippen LogP contribution in [0, 0.1) is 6.92 Å². The van der Waals surface area contributed by atoms with Crippen molar-refractivity contribution < 1.29 is 78.7 Å². The average Bonchev–Trinajstić information content (AvgIpc) is 1.07. The Morgan fingerprint density at radius 2 is 1.16 bits per heavy atom. The molecule has 5 unspecified atom stereocenters. The smallest absolute Gasteiger partial charge is 0.272 e. The molecule has 0 bridgehead atoms. The minimum absolute atomic E-state index is 0.0250. The van der Waals surface area contributed by atoms with Gasteiger partial charge in [-0.2, -0.15) is 0 Å². The van der Waals surface area contributed by atoms with Crippen LogP contribution in [0.3, 0.4) is 0 Å². The molecule has 12 N–H and O–H groups in total. The van der Waals surface area contributed by atoms with E-state index in [2.05, 4.69) is 36.9 Å². The van der Waals surface area contributed by atoms with Gasteiger partial charge in [0, 0.05) is 107 Å². The van der Waals surface area contributed by atoms with Crippen LogP contribution in [0.15, 0.2) is 131 Å². The van der Waals surface area contributed by atoms with Gasteiger partial charge in [-0.3, -0.25) is 43.0 Å². The summed E-state index contributed by atoms with van der Waals surface area (Å²) in [6.07, 6.45) is 3.01.